The van der Waals surface area contributed by atoms with Crippen LogP contribution in [0.25, 0.3) is 0 Å². The second-order valence-electron chi connectivity index (χ2n) is 11.7. The molecular formula is C26H34O10. The van der Waals surface area contributed by atoms with Crippen LogP contribution in [-0.2, 0) is 33.4 Å². The third kappa shape index (κ3) is 3.58. The topological polar surface area (TPSA) is 164 Å². The first kappa shape index (κ1) is 25.2. The molecule has 1 aliphatic heterocycles. The summed E-state index contributed by atoms with van der Waals surface area (Å²) in [6.07, 6.45) is 2.20. The number of fused-ring (bicyclic) bond motifs is 4. The number of aliphatic hydroxyl groups excluding tert-OH is 1. The van der Waals surface area contributed by atoms with E-state index in [0.29, 0.717) is 19.3 Å². The van der Waals surface area contributed by atoms with Gasteiger partial charge in [-0.25, -0.2) is 0 Å². The molecule has 5 aliphatic rings. The van der Waals surface area contributed by atoms with E-state index in [1.807, 2.05) is 0 Å². The second-order valence-corrected chi connectivity index (χ2v) is 11.7. The fourth-order valence-corrected chi connectivity index (χ4v) is 9.33. The smallest absolute Gasteiger partial charge is 0.317 e. The zero-order valence-corrected chi connectivity index (χ0v) is 20.4. The van der Waals surface area contributed by atoms with E-state index >= 15 is 0 Å². The van der Waals surface area contributed by atoms with Gasteiger partial charge >= 0.3 is 29.8 Å². The SMILES string of the molecule is CC1C(=O)OC(=O)C1C1C2CC(C(C(=O)O)C2C(=O)O)C1C1C2CC(C(=O)OCCCO)C(C2)C1C. The predicted octanol–water partition coefficient (Wildman–Crippen LogP) is 1.44. The third-order valence-electron chi connectivity index (χ3n) is 10.4. The van der Waals surface area contributed by atoms with Crippen LogP contribution < -0.4 is 0 Å². The molecule has 36 heavy (non-hydrogen) atoms. The zero-order chi connectivity index (χ0) is 26.0. The Morgan fingerprint density at radius 3 is 2.06 bits per heavy atom. The lowest BCUT2D eigenvalue weighted by atomic mass is 9.55. The maximum absolute atomic E-state index is 12.8. The van der Waals surface area contributed by atoms with Gasteiger partial charge < -0.3 is 24.8 Å². The number of carboxylic acids is 2. The molecule has 0 spiro atoms. The van der Waals surface area contributed by atoms with Gasteiger partial charge in [-0.15, -0.1) is 0 Å². The molecule has 0 radical (unpaired) electrons. The van der Waals surface area contributed by atoms with E-state index in [2.05, 4.69) is 6.92 Å². The van der Waals surface area contributed by atoms with Gasteiger partial charge in [0.2, 0.25) is 0 Å². The monoisotopic (exact) mass is 506 g/mol. The van der Waals surface area contributed by atoms with Crippen molar-refractivity contribution in [3.63, 3.8) is 0 Å². The van der Waals surface area contributed by atoms with Crippen molar-refractivity contribution in [1.29, 1.82) is 0 Å². The minimum Gasteiger partial charge on any atom is -0.481 e. The van der Waals surface area contributed by atoms with E-state index < -0.39 is 65.3 Å². The summed E-state index contributed by atoms with van der Waals surface area (Å²) < 4.78 is 10.3. The molecule has 13 atom stereocenters. The molecule has 198 valence electrons. The van der Waals surface area contributed by atoms with Crippen LogP contribution in [-0.4, -0.2) is 58.4 Å². The van der Waals surface area contributed by atoms with E-state index in [1.54, 1.807) is 6.92 Å². The average Bonchev–Trinajstić information content (AvgIpc) is 3.60. The first-order valence-electron chi connectivity index (χ1n) is 13.1. The maximum Gasteiger partial charge on any atom is 0.317 e. The molecule has 13 unspecified atom stereocenters. The maximum atomic E-state index is 12.8. The lowest BCUT2D eigenvalue weighted by Crippen LogP contribution is -2.50. The number of carboxylic acid groups (broad SMARTS) is 2. The average molecular weight is 507 g/mol. The molecule has 10 nitrogen and oxygen atoms in total. The number of cyclic esters (lactones) is 2. The van der Waals surface area contributed by atoms with E-state index in [1.165, 1.54) is 0 Å². The number of carbonyl (C=O) groups is 5. The van der Waals surface area contributed by atoms with E-state index in [4.69, 9.17) is 14.6 Å². The number of carbonyl (C=O) groups excluding carboxylic acids is 3. The molecule has 0 aromatic heterocycles. The molecule has 4 saturated carbocycles. The molecule has 0 aromatic rings. The Morgan fingerprint density at radius 2 is 1.53 bits per heavy atom. The van der Waals surface area contributed by atoms with Gasteiger partial charge in [0.1, 0.15) is 0 Å². The van der Waals surface area contributed by atoms with Crippen molar-refractivity contribution in [2.45, 2.75) is 39.5 Å². The number of hydrogen-bond donors (Lipinski definition) is 3. The summed E-state index contributed by atoms with van der Waals surface area (Å²) in [5.74, 6) is -8.99. The van der Waals surface area contributed by atoms with Crippen LogP contribution in [0.1, 0.15) is 39.5 Å². The third-order valence-corrected chi connectivity index (χ3v) is 10.4. The summed E-state index contributed by atoms with van der Waals surface area (Å²) in [5, 5.41) is 29.0. The molecule has 3 N–H and O–H groups in total. The molecule has 5 fully saturated rings. The molecule has 10 heteroatoms. The summed E-state index contributed by atoms with van der Waals surface area (Å²) in [7, 11) is 0. The van der Waals surface area contributed by atoms with Crippen LogP contribution >= 0.6 is 0 Å². The molecule has 4 aliphatic carbocycles. The van der Waals surface area contributed by atoms with Crippen LogP contribution in [0.15, 0.2) is 0 Å². The minimum atomic E-state index is -1.17. The van der Waals surface area contributed by atoms with Crippen LogP contribution in [0.5, 0.6) is 0 Å². The van der Waals surface area contributed by atoms with E-state index in [0.717, 1.165) is 6.42 Å². The van der Waals surface area contributed by atoms with Crippen LogP contribution in [0.4, 0.5) is 0 Å². The van der Waals surface area contributed by atoms with Gasteiger partial charge in [-0.3, -0.25) is 24.0 Å². The van der Waals surface area contributed by atoms with Crippen molar-refractivity contribution in [3.8, 4) is 0 Å². The Kier molecular flexibility index (Phi) is 6.37. The lowest BCUT2D eigenvalue weighted by Gasteiger charge is -2.47. The number of rotatable bonds is 8. The Balaban J connectivity index is 1.46. The summed E-state index contributed by atoms with van der Waals surface area (Å²) >= 11 is 0. The standard InChI is InChI=1S/C26H34O10/c1-9-12-6-11(7-13(12)25(33)35-5-3-4-27)16(9)18-14-8-15(21(23(30)31)20(14)22(28)29)19(18)17-10(2)24(32)36-26(17)34/h9-21,27H,3-8H2,1-2H3,(H,28,29)(H,30,31). The zero-order valence-electron chi connectivity index (χ0n) is 20.4. The fraction of sp³-hybridized carbons (Fsp3) is 0.808. The van der Waals surface area contributed by atoms with Crippen molar-refractivity contribution in [2.75, 3.05) is 13.2 Å². The summed E-state index contributed by atoms with van der Waals surface area (Å²) in [4.78, 5) is 62.3. The largest absolute Gasteiger partial charge is 0.481 e. The Hall–Kier alpha value is -2.49. The lowest BCUT2D eigenvalue weighted by molar-refractivity contribution is -0.164. The van der Waals surface area contributed by atoms with Crippen molar-refractivity contribution in [3.05, 3.63) is 0 Å². The van der Waals surface area contributed by atoms with Gasteiger partial charge in [-0.2, -0.15) is 0 Å². The second kappa shape index (κ2) is 9.11. The fourth-order valence-electron chi connectivity index (χ4n) is 9.33. The van der Waals surface area contributed by atoms with Crippen LogP contribution in [0.3, 0.4) is 0 Å². The van der Waals surface area contributed by atoms with Crippen molar-refractivity contribution in [1.82, 2.24) is 0 Å². The van der Waals surface area contributed by atoms with E-state index in [9.17, 15) is 34.2 Å². The van der Waals surface area contributed by atoms with Gasteiger partial charge in [-0.1, -0.05) is 13.8 Å². The van der Waals surface area contributed by atoms with Gasteiger partial charge in [0, 0.05) is 13.0 Å². The number of aliphatic carboxylic acids is 2. The molecule has 5 rings (SSSR count). The highest BCUT2D eigenvalue weighted by Gasteiger charge is 2.70. The number of esters is 3. The quantitative estimate of drug-likeness (QED) is 0.249. The minimum absolute atomic E-state index is 0.0313. The van der Waals surface area contributed by atoms with Crippen molar-refractivity contribution >= 4 is 29.8 Å². The van der Waals surface area contributed by atoms with Gasteiger partial charge in [-0.05, 0) is 66.6 Å². The molecule has 0 amide bonds. The number of ether oxygens (including phenoxy) is 2. The number of hydrogen-bond acceptors (Lipinski definition) is 8. The Morgan fingerprint density at radius 1 is 0.889 bits per heavy atom. The van der Waals surface area contributed by atoms with Crippen molar-refractivity contribution in [2.24, 2.45) is 76.9 Å². The van der Waals surface area contributed by atoms with Gasteiger partial charge in [0.25, 0.3) is 0 Å². The molecule has 1 heterocycles. The van der Waals surface area contributed by atoms with Gasteiger partial charge in [0.05, 0.1) is 36.2 Å². The Labute approximate surface area is 208 Å². The molecule has 1 saturated heterocycles. The molecule has 4 bridgehead atoms. The highest BCUT2D eigenvalue weighted by atomic mass is 16.6. The normalized spacial score (nSPS) is 46.8. The van der Waals surface area contributed by atoms with Crippen molar-refractivity contribution < 1.29 is 48.8 Å². The Bertz CT molecular complexity index is 974. The molecular weight excluding hydrogens is 472 g/mol. The first-order valence-corrected chi connectivity index (χ1v) is 13.1. The van der Waals surface area contributed by atoms with Crippen LogP contribution in [0, 0.1) is 76.9 Å². The van der Waals surface area contributed by atoms with Gasteiger partial charge in [0.15, 0.2) is 0 Å². The first-order chi connectivity index (χ1) is 17.1. The predicted molar refractivity (Wildman–Crippen MR) is 120 cm³/mol. The summed E-state index contributed by atoms with van der Waals surface area (Å²) in [5.41, 5.74) is 0. The van der Waals surface area contributed by atoms with E-state index in [-0.39, 0.29) is 54.7 Å². The highest BCUT2D eigenvalue weighted by molar-refractivity contribution is 5.96. The van der Waals surface area contributed by atoms with Crippen LogP contribution in [0.2, 0.25) is 0 Å². The highest BCUT2D eigenvalue weighted by Crippen LogP contribution is 2.69. The summed E-state index contributed by atoms with van der Waals surface area (Å²) in [6, 6.07) is 0. The summed E-state index contributed by atoms with van der Waals surface area (Å²) in [6.45, 7) is 3.81. The number of aliphatic hydroxyl groups is 1. The molecule has 0 aromatic carbocycles.